The standard InChI is InChI=1S/C9H8N2O2/c1-5-3-7(4-10)11-6(2)8(5)9(12)13/h3H,1-2H3,(H,12,13). The summed E-state index contributed by atoms with van der Waals surface area (Å²) in [5.41, 5.74) is 1.37. The lowest BCUT2D eigenvalue weighted by molar-refractivity contribution is 0.0695. The van der Waals surface area contributed by atoms with E-state index in [9.17, 15) is 4.79 Å². The minimum Gasteiger partial charge on any atom is -0.478 e. The van der Waals surface area contributed by atoms with Crippen molar-refractivity contribution >= 4 is 5.97 Å². The Morgan fingerprint density at radius 2 is 2.23 bits per heavy atom. The summed E-state index contributed by atoms with van der Waals surface area (Å²) in [6.07, 6.45) is 0. The molecule has 1 N–H and O–H groups in total. The fraction of sp³-hybridized carbons (Fsp3) is 0.222. The number of hydrogen-bond acceptors (Lipinski definition) is 3. The first-order chi connectivity index (χ1) is 6.06. The summed E-state index contributed by atoms with van der Waals surface area (Å²) in [5.74, 6) is -1.01. The van der Waals surface area contributed by atoms with Crippen LogP contribution in [0.1, 0.15) is 27.3 Å². The smallest absolute Gasteiger partial charge is 0.337 e. The van der Waals surface area contributed by atoms with Crippen molar-refractivity contribution in [3.63, 3.8) is 0 Å². The highest BCUT2D eigenvalue weighted by Crippen LogP contribution is 2.12. The molecule has 0 amide bonds. The third kappa shape index (κ3) is 1.64. The van der Waals surface area contributed by atoms with Gasteiger partial charge in [0.1, 0.15) is 11.8 Å². The van der Waals surface area contributed by atoms with E-state index in [1.54, 1.807) is 13.8 Å². The van der Waals surface area contributed by atoms with Crippen LogP contribution in [0.3, 0.4) is 0 Å². The fourth-order valence-corrected chi connectivity index (χ4v) is 1.21. The van der Waals surface area contributed by atoms with Crippen molar-refractivity contribution in [1.82, 2.24) is 4.98 Å². The van der Waals surface area contributed by atoms with Gasteiger partial charge in [-0.25, -0.2) is 9.78 Å². The van der Waals surface area contributed by atoms with Crippen molar-refractivity contribution in [1.29, 1.82) is 5.26 Å². The number of aromatic carboxylic acids is 1. The number of pyridine rings is 1. The minimum atomic E-state index is -1.01. The number of nitriles is 1. The van der Waals surface area contributed by atoms with Crippen molar-refractivity contribution in [2.75, 3.05) is 0 Å². The Hall–Kier alpha value is -1.89. The summed E-state index contributed by atoms with van der Waals surface area (Å²) in [5, 5.41) is 17.3. The zero-order chi connectivity index (χ0) is 10.0. The molecular weight excluding hydrogens is 168 g/mol. The van der Waals surface area contributed by atoms with Gasteiger partial charge >= 0.3 is 5.97 Å². The fourth-order valence-electron chi connectivity index (χ4n) is 1.21. The van der Waals surface area contributed by atoms with E-state index in [4.69, 9.17) is 10.4 Å². The van der Waals surface area contributed by atoms with Gasteiger partial charge in [0.2, 0.25) is 0 Å². The van der Waals surface area contributed by atoms with Crippen molar-refractivity contribution in [2.24, 2.45) is 0 Å². The summed E-state index contributed by atoms with van der Waals surface area (Å²) in [6, 6.07) is 3.34. The predicted octanol–water partition coefficient (Wildman–Crippen LogP) is 1.27. The van der Waals surface area contributed by atoms with Gasteiger partial charge in [0.25, 0.3) is 0 Å². The molecule has 0 aromatic carbocycles. The average molecular weight is 176 g/mol. The lowest BCUT2D eigenvalue weighted by Gasteiger charge is -2.03. The van der Waals surface area contributed by atoms with Crippen LogP contribution in [-0.2, 0) is 0 Å². The molecule has 1 heterocycles. The zero-order valence-electron chi connectivity index (χ0n) is 7.33. The molecular formula is C9H8N2O2. The van der Waals surface area contributed by atoms with Crippen LogP contribution in [-0.4, -0.2) is 16.1 Å². The summed E-state index contributed by atoms with van der Waals surface area (Å²) in [7, 11) is 0. The lowest BCUT2D eigenvalue weighted by Crippen LogP contribution is -2.05. The number of carbonyl (C=O) groups is 1. The Balaban J connectivity index is 3.42. The third-order valence-electron chi connectivity index (χ3n) is 1.73. The molecule has 0 atom stereocenters. The Morgan fingerprint density at radius 3 is 2.62 bits per heavy atom. The second-order valence-corrected chi connectivity index (χ2v) is 2.70. The number of aromatic nitrogens is 1. The molecule has 0 bridgehead atoms. The van der Waals surface area contributed by atoms with Crippen LogP contribution in [0.25, 0.3) is 0 Å². The van der Waals surface area contributed by atoms with Crippen molar-refractivity contribution in [3.05, 3.63) is 28.6 Å². The van der Waals surface area contributed by atoms with Crippen LogP contribution in [0.4, 0.5) is 0 Å². The Labute approximate surface area is 75.5 Å². The molecule has 4 nitrogen and oxygen atoms in total. The number of carboxylic acids is 1. The topological polar surface area (TPSA) is 74.0 Å². The van der Waals surface area contributed by atoms with E-state index in [-0.39, 0.29) is 11.3 Å². The molecule has 0 unspecified atom stereocenters. The van der Waals surface area contributed by atoms with Crippen LogP contribution in [0.15, 0.2) is 6.07 Å². The highest BCUT2D eigenvalue weighted by atomic mass is 16.4. The molecule has 0 saturated carbocycles. The van der Waals surface area contributed by atoms with Crippen LogP contribution in [0, 0.1) is 25.2 Å². The molecule has 0 aliphatic carbocycles. The molecule has 66 valence electrons. The second-order valence-electron chi connectivity index (χ2n) is 2.70. The molecule has 0 aliphatic rings. The molecule has 4 heteroatoms. The van der Waals surface area contributed by atoms with Gasteiger partial charge in [-0.3, -0.25) is 0 Å². The Morgan fingerprint density at radius 1 is 1.62 bits per heavy atom. The maximum atomic E-state index is 10.7. The molecule has 0 saturated heterocycles. The molecule has 0 radical (unpaired) electrons. The van der Waals surface area contributed by atoms with E-state index < -0.39 is 5.97 Å². The summed E-state index contributed by atoms with van der Waals surface area (Å²) >= 11 is 0. The number of nitrogens with zero attached hydrogens (tertiary/aromatic N) is 2. The first-order valence-corrected chi connectivity index (χ1v) is 3.68. The van der Waals surface area contributed by atoms with Gasteiger partial charge in [-0.1, -0.05) is 0 Å². The second kappa shape index (κ2) is 3.23. The van der Waals surface area contributed by atoms with Gasteiger partial charge in [-0.05, 0) is 25.5 Å². The number of carboxylic acid groups (broad SMARTS) is 1. The number of rotatable bonds is 1. The summed E-state index contributed by atoms with van der Waals surface area (Å²) in [6.45, 7) is 3.23. The minimum absolute atomic E-state index is 0.180. The van der Waals surface area contributed by atoms with E-state index in [1.807, 2.05) is 6.07 Å². The van der Waals surface area contributed by atoms with Crippen molar-refractivity contribution < 1.29 is 9.90 Å². The predicted molar refractivity (Wildman–Crippen MR) is 45.4 cm³/mol. The van der Waals surface area contributed by atoms with Crippen LogP contribution in [0.2, 0.25) is 0 Å². The highest BCUT2D eigenvalue weighted by Gasteiger charge is 2.12. The maximum Gasteiger partial charge on any atom is 0.337 e. The average Bonchev–Trinajstić information content (AvgIpc) is 2.02. The third-order valence-corrected chi connectivity index (χ3v) is 1.73. The van der Waals surface area contributed by atoms with Gasteiger partial charge in [0.15, 0.2) is 0 Å². The first-order valence-electron chi connectivity index (χ1n) is 3.68. The van der Waals surface area contributed by atoms with E-state index in [1.165, 1.54) is 6.07 Å². The van der Waals surface area contributed by atoms with Gasteiger partial charge in [-0.15, -0.1) is 0 Å². The van der Waals surface area contributed by atoms with E-state index in [2.05, 4.69) is 4.98 Å². The summed E-state index contributed by atoms with van der Waals surface area (Å²) in [4.78, 5) is 14.6. The van der Waals surface area contributed by atoms with Gasteiger partial charge in [0.05, 0.1) is 11.3 Å². The highest BCUT2D eigenvalue weighted by molar-refractivity contribution is 5.90. The Bertz CT molecular complexity index is 382. The largest absolute Gasteiger partial charge is 0.478 e. The zero-order valence-corrected chi connectivity index (χ0v) is 7.33. The number of aryl methyl sites for hydroxylation is 2. The molecule has 1 aromatic heterocycles. The van der Waals surface area contributed by atoms with Crippen molar-refractivity contribution in [2.45, 2.75) is 13.8 Å². The van der Waals surface area contributed by atoms with Gasteiger partial charge in [-0.2, -0.15) is 5.26 Å². The maximum absolute atomic E-state index is 10.7. The quantitative estimate of drug-likeness (QED) is 0.699. The molecule has 0 aliphatic heterocycles. The molecule has 0 fully saturated rings. The first kappa shape index (κ1) is 9.20. The van der Waals surface area contributed by atoms with Crippen LogP contribution < -0.4 is 0 Å². The monoisotopic (exact) mass is 176 g/mol. The van der Waals surface area contributed by atoms with Crippen LogP contribution >= 0.6 is 0 Å². The van der Waals surface area contributed by atoms with E-state index in [0.717, 1.165) is 0 Å². The normalized spacial score (nSPS) is 9.31. The molecule has 0 spiro atoms. The van der Waals surface area contributed by atoms with Crippen molar-refractivity contribution in [3.8, 4) is 6.07 Å². The molecule has 1 aromatic rings. The number of hydrogen-bond donors (Lipinski definition) is 1. The van der Waals surface area contributed by atoms with E-state index >= 15 is 0 Å². The van der Waals surface area contributed by atoms with Crippen LogP contribution in [0.5, 0.6) is 0 Å². The van der Waals surface area contributed by atoms with Gasteiger partial charge in [0, 0.05) is 0 Å². The SMILES string of the molecule is Cc1cc(C#N)nc(C)c1C(=O)O. The van der Waals surface area contributed by atoms with Gasteiger partial charge < -0.3 is 5.11 Å². The lowest BCUT2D eigenvalue weighted by atomic mass is 10.1. The van der Waals surface area contributed by atoms with E-state index in [0.29, 0.717) is 11.3 Å². The summed E-state index contributed by atoms with van der Waals surface area (Å²) < 4.78 is 0. The molecule has 1 rings (SSSR count). The Kier molecular flexibility index (Phi) is 2.29. The molecule has 13 heavy (non-hydrogen) atoms.